The number of esters is 1. The molecule has 17 heavy (non-hydrogen) atoms. The molecule has 0 aromatic heterocycles. The van der Waals surface area contributed by atoms with Gasteiger partial charge in [0.25, 0.3) is 0 Å². The Kier molecular flexibility index (Phi) is 5.10. The highest BCUT2D eigenvalue weighted by molar-refractivity contribution is 6.31. The van der Waals surface area contributed by atoms with E-state index in [1.165, 1.54) is 6.07 Å². The number of rotatable bonds is 5. The van der Waals surface area contributed by atoms with Gasteiger partial charge in [0.2, 0.25) is 0 Å². The van der Waals surface area contributed by atoms with Gasteiger partial charge < -0.3 is 15.2 Å². The van der Waals surface area contributed by atoms with Crippen LogP contribution in [0.1, 0.15) is 30.6 Å². The van der Waals surface area contributed by atoms with Crippen LogP contribution in [0, 0.1) is 0 Å². The summed E-state index contributed by atoms with van der Waals surface area (Å²) >= 11 is 5.89. The van der Waals surface area contributed by atoms with Crippen LogP contribution in [0.3, 0.4) is 0 Å². The van der Waals surface area contributed by atoms with Crippen molar-refractivity contribution < 1.29 is 14.3 Å². The summed E-state index contributed by atoms with van der Waals surface area (Å²) in [7, 11) is 0. The van der Waals surface area contributed by atoms with Gasteiger partial charge in [0.1, 0.15) is 5.75 Å². The van der Waals surface area contributed by atoms with Crippen LogP contribution in [0.5, 0.6) is 5.75 Å². The van der Waals surface area contributed by atoms with Gasteiger partial charge >= 0.3 is 5.97 Å². The second-order valence-electron chi connectivity index (χ2n) is 3.43. The number of hydrogen-bond donors (Lipinski definition) is 1. The van der Waals surface area contributed by atoms with Gasteiger partial charge in [-0.3, -0.25) is 0 Å². The third-order valence-corrected chi connectivity index (χ3v) is 2.28. The maximum Gasteiger partial charge on any atom is 0.340 e. The fourth-order valence-electron chi connectivity index (χ4n) is 1.31. The molecule has 1 aromatic rings. The Hall–Kier alpha value is -1.42. The quantitative estimate of drug-likeness (QED) is 0.651. The van der Waals surface area contributed by atoms with Crippen molar-refractivity contribution in [2.45, 2.75) is 20.3 Å². The number of carbonyl (C=O) groups excluding carboxylic acids is 1. The van der Waals surface area contributed by atoms with E-state index in [9.17, 15) is 4.79 Å². The SMILES string of the molecule is CCCOC(=O)c1cc(Cl)cc(OCC)c1N. The minimum atomic E-state index is -0.479. The lowest BCUT2D eigenvalue weighted by molar-refractivity contribution is 0.0506. The summed E-state index contributed by atoms with van der Waals surface area (Å²) in [6.45, 7) is 4.55. The molecule has 0 saturated carbocycles. The van der Waals surface area contributed by atoms with E-state index in [1.54, 1.807) is 6.07 Å². The molecule has 0 aliphatic carbocycles. The minimum absolute atomic E-state index is 0.245. The van der Waals surface area contributed by atoms with Gasteiger partial charge in [0.15, 0.2) is 0 Å². The highest BCUT2D eigenvalue weighted by Gasteiger charge is 2.16. The van der Waals surface area contributed by atoms with Crippen molar-refractivity contribution in [2.24, 2.45) is 0 Å². The highest BCUT2D eigenvalue weighted by Crippen LogP contribution is 2.30. The van der Waals surface area contributed by atoms with Crippen LogP contribution in [-0.2, 0) is 4.74 Å². The molecule has 94 valence electrons. The predicted molar refractivity (Wildman–Crippen MR) is 67.6 cm³/mol. The van der Waals surface area contributed by atoms with E-state index < -0.39 is 5.97 Å². The van der Waals surface area contributed by atoms with Gasteiger partial charge in [-0.25, -0.2) is 4.79 Å². The number of carbonyl (C=O) groups is 1. The molecule has 0 fully saturated rings. The van der Waals surface area contributed by atoms with Crippen LogP contribution in [-0.4, -0.2) is 19.2 Å². The average Bonchev–Trinajstić information content (AvgIpc) is 2.30. The smallest absolute Gasteiger partial charge is 0.340 e. The molecule has 0 radical (unpaired) electrons. The third kappa shape index (κ3) is 3.53. The van der Waals surface area contributed by atoms with Crippen molar-refractivity contribution in [3.63, 3.8) is 0 Å². The van der Waals surface area contributed by atoms with E-state index in [-0.39, 0.29) is 11.3 Å². The number of anilines is 1. The molecule has 0 spiro atoms. The van der Waals surface area contributed by atoms with Gasteiger partial charge in [-0.1, -0.05) is 18.5 Å². The average molecular weight is 258 g/mol. The first-order valence-electron chi connectivity index (χ1n) is 5.49. The summed E-state index contributed by atoms with van der Waals surface area (Å²) in [6, 6.07) is 3.06. The minimum Gasteiger partial charge on any atom is -0.492 e. The van der Waals surface area contributed by atoms with E-state index >= 15 is 0 Å². The molecule has 0 heterocycles. The number of halogens is 1. The van der Waals surface area contributed by atoms with Crippen LogP contribution >= 0.6 is 11.6 Å². The summed E-state index contributed by atoms with van der Waals surface area (Å²) < 4.78 is 10.3. The summed E-state index contributed by atoms with van der Waals surface area (Å²) in [6.07, 6.45) is 0.754. The van der Waals surface area contributed by atoms with Gasteiger partial charge in [-0.15, -0.1) is 0 Å². The number of ether oxygens (including phenoxy) is 2. The number of nitrogen functional groups attached to an aromatic ring is 1. The maximum atomic E-state index is 11.7. The molecule has 0 aliphatic rings. The fraction of sp³-hybridized carbons (Fsp3) is 0.417. The summed E-state index contributed by atoms with van der Waals surface area (Å²) in [5, 5.41) is 0.395. The molecule has 2 N–H and O–H groups in total. The zero-order valence-electron chi connectivity index (χ0n) is 9.96. The lowest BCUT2D eigenvalue weighted by atomic mass is 10.1. The number of hydrogen-bond acceptors (Lipinski definition) is 4. The van der Waals surface area contributed by atoms with E-state index in [0.717, 1.165) is 6.42 Å². The van der Waals surface area contributed by atoms with Crippen molar-refractivity contribution in [3.8, 4) is 5.75 Å². The largest absolute Gasteiger partial charge is 0.492 e. The maximum absolute atomic E-state index is 11.7. The predicted octanol–water partition coefficient (Wildman–Crippen LogP) is 2.89. The molecule has 1 rings (SSSR count). The lowest BCUT2D eigenvalue weighted by Gasteiger charge is -2.11. The van der Waals surface area contributed by atoms with Crippen molar-refractivity contribution >= 4 is 23.3 Å². The van der Waals surface area contributed by atoms with Gasteiger partial charge in [0, 0.05) is 11.1 Å². The highest BCUT2D eigenvalue weighted by atomic mass is 35.5. The van der Waals surface area contributed by atoms with Crippen LogP contribution < -0.4 is 10.5 Å². The lowest BCUT2D eigenvalue weighted by Crippen LogP contribution is -2.10. The molecule has 0 aliphatic heterocycles. The van der Waals surface area contributed by atoms with E-state index in [0.29, 0.717) is 24.0 Å². The molecular formula is C12H16ClNO3. The van der Waals surface area contributed by atoms with Gasteiger partial charge in [0.05, 0.1) is 24.5 Å². The van der Waals surface area contributed by atoms with Crippen molar-refractivity contribution in [2.75, 3.05) is 18.9 Å². The topological polar surface area (TPSA) is 61.5 Å². The van der Waals surface area contributed by atoms with Crippen LogP contribution in [0.2, 0.25) is 5.02 Å². The normalized spacial score (nSPS) is 10.1. The van der Waals surface area contributed by atoms with E-state index in [4.69, 9.17) is 26.8 Å². The number of benzene rings is 1. The Balaban J connectivity index is 3.02. The summed E-state index contributed by atoms with van der Waals surface area (Å²) in [4.78, 5) is 11.7. The number of nitrogens with two attached hydrogens (primary N) is 1. The Bertz CT molecular complexity index is 407. The second kappa shape index (κ2) is 6.35. The second-order valence-corrected chi connectivity index (χ2v) is 3.87. The van der Waals surface area contributed by atoms with Crippen molar-refractivity contribution in [1.29, 1.82) is 0 Å². The molecular weight excluding hydrogens is 242 g/mol. The van der Waals surface area contributed by atoms with E-state index in [1.807, 2.05) is 13.8 Å². The molecule has 0 bridgehead atoms. The molecule has 0 saturated heterocycles. The summed E-state index contributed by atoms with van der Waals surface area (Å²) in [5.74, 6) is -0.0729. The standard InChI is InChI=1S/C12H16ClNO3/c1-3-5-17-12(15)9-6-8(13)7-10(11(9)14)16-4-2/h6-7H,3-5,14H2,1-2H3. The molecule has 4 nitrogen and oxygen atoms in total. The molecule has 0 atom stereocenters. The molecule has 1 aromatic carbocycles. The summed E-state index contributed by atoms with van der Waals surface area (Å²) in [5.41, 5.74) is 6.33. The van der Waals surface area contributed by atoms with Crippen molar-refractivity contribution in [1.82, 2.24) is 0 Å². The first-order chi connectivity index (χ1) is 8.10. The van der Waals surface area contributed by atoms with Crippen molar-refractivity contribution in [3.05, 3.63) is 22.7 Å². The van der Waals surface area contributed by atoms with E-state index in [2.05, 4.69) is 0 Å². The first kappa shape index (κ1) is 13.6. The van der Waals surface area contributed by atoms with Gasteiger partial charge in [-0.05, 0) is 19.4 Å². The zero-order chi connectivity index (χ0) is 12.8. The molecule has 0 unspecified atom stereocenters. The van der Waals surface area contributed by atoms with Crippen LogP contribution in [0.4, 0.5) is 5.69 Å². The zero-order valence-corrected chi connectivity index (χ0v) is 10.7. The van der Waals surface area contributed by atoms with Gasteiger partial charge in [-0.2, -0.15) is 0 Å². The molecule has 5 heteroatoms. The Morgan fingerprint density at radius 1 is 1.41 bits per heavy atom. The first-order valence-corrected chi connectivity index (χ1v) is 5.86. The Labute approximate surface area is 106 Å². The Morgan fingerprint density at radius 2 is 2.12 bits per heavy atom. The van der Waals surface area contributed by atoms with Crippen LogP contribution in [0.15, 0.2) is 12.1 Å². The monoisotopic (exact) mass is 257 g/mol. The fourth-order valence-corrected chi connectivity index (χ4v) is 1.52. The molecule has 0 amide bonds. The van der Waals surface area contributed by atoms with Crippen LogP contribution in [0.25, 0.3) is 0 Å². The third-order valence-electron chi connectivity index (χ3n) is 2.06. The Morgan fingerprint density at radius 3 is 2.71 bits per heavy atom.